The monoisotopic (exact) mass is 455 g/mol. The van der Waals surface area contributed by atoms with E-state index in [-0.39, 0.29) is 17.1 Å². The van der Waals surface area contributed by atoms with Gasteiger partial charge in [-0.1, -0.05) is 29.6 Å². The first-order valence-corrected chi connectivity index (χ1v) is 10.4. The normalized spacial score (nSPS) is 25.6. The SMILES string of the molecule is C=CC1=C(C(=O)O)N2C(=O)[C@@H](NC(=O)/C(=N\OCC(=O)O)C3=CSC(N)N3)[C@H]2SC1. The van der Waals surface area contributed by atoms with E-state index in [9.17, 15) is 24.3 Å². The van der Waals surface area contributed by atoms with Crippen LogP contribution >= 0.6 is 23.5 Å². The van der Waals surface area contributed by atoms with Gasteiger partial charge in [-0.15, -0.1) is 11.8 Å². The van der Waals surface area contributed by atoms with E-state index in [0.29, 0.717) is 11.3 Å². The van der Waals surface area contributed by atoms with Gasteiger partial charge < -0.3 is 31.4 Å². The zero-order valence-electron chi connectivity index (χ0n) is 15.2. The van der Waals surface area contributed by atoms with Gasteiger partial charge in [0, 0.05) is 11.2 Å². The number of carboxylic acid groups (broad SMARTS) is 2. The molecular formula is C16H17N5O7S2. The maximum Gasteiger partial charge on any atom is 0.352 e. The van der Waals surface area contributed by atoms with E-state index in [1.165, 1.54) is 35.0 Å². The smallest absolute Gasteiger partial charge is 0.352 e. The molecule has 0 saturated carbocycles. The van der Waals surface area contributed by atoms with E-state index in [1.807, 2.05) is 0 Å². The van der Waals surface area contributed by atoms with Crippen LogP contribution in [0.1, 0.15) is 0 Å². The Morgan fingerprint density at radius 1 is 1.47 bits per heavy atom. The van der Waals surface area contributed by atoms with Crippen LogP contribution in [0.2, 0.25) is 0 Å². The van der Waals surface area contributed by atoms with Crippen molar-refractivity contribution in [2.24, 2.45) is 10.9 Å². The zero-order valence-corrected chi connectivity index (χ0v) is 16.9. The maximum atomic E-state index is 12.7. The number of nitrogens with zero attached hydrogens (tertiary/aromatic N) is 2. The van der Waals surface area contributed by atoms with Crippen molar-refractivity contribution in [1.82, 2.24) is 15.5 Å². The van der Waals surface area contributed by atoms with Crippen LogP contribution in [0.15, 0.2) is 40.2 Å². The number of allylic oxidation sites excluding steroid dienone is 1. The van der Waals surface area contributed by atoms with Crippen LogP contribution < -0.4 is 16.4 Å². The van der Waals surface area contributed by atoms with Crippen LogP contribution in [-0.4, -0.2) is 73.9 Å². The van der Waals surface area contributed by atoms with Crippen molar-refractivity contribution < 1.29 is 34.2 Å². The summed E-state index contributed by atoms with van der Waals surface area (Å²) in [6, 6.07) is -0.990. The van der Waals surface area contributed by atoms with Crippen LogP contribution in [0, 0.1) is 0 Å². The minimum absolute atomic E-state index is 0.162. The van der Waals surface area contributed by atoms with Gasteiger partial charge in [-0.2, -0.15) is 0 Å². The van der Waals surface area contributed by atoms with Crippen molar-refractivity contribution in [3.05, 3.63) is 35.0 Å². The number of nitrogens with one attached hydrogen (secondary N) is 2. The number of fused-ring (bicyclic) bond motifs is 1. The lowest BCUT2D eigenvalue weighted by atomic mass is 10.0. The molecule has 0 aromatic carbocycles. The number of amides is 2. The average Bonchev–Trinajstić information content (AvgIpc) is 3.13. The molecule has 3 heterocycles. The largest absolute Gasteiger partial charge is 0.479 e. The molecule has 0 aliphatic carbocycles. The number of carbonyl (C=O) groups is 4. The molecule has 3 aliphatic heterocycles. The quantitative estimate of drug-likeness (QED) is 0.168. The van der Waals surface area contributed by atoms with Gasteiger partial charge in [-0.05, 0) is 5.57 Å². The first kappa shape index (κ1) is 21.7. The molecule has 6 N–H and O–H groups in total. The summed E-state index contributed by atoms with van der Waals surface area (Å²) in [5.74, 6) is -3.63. The third kappa shape index (κ3) is 4.15. The van der Waals surface area contributed by atoms with E-state index in [4.69, 9.17) is 10.8 Å². The molecule has 1 saturated heterocycles. The Bertz CT molecular complexity index is 916. The Morgan fingerprint density at radius 2 is 2.20 bits per heavy atom. The summed E-state index contributed by atoms with van der Waals surface area (Å²) in [5, 5.41) is 27.9. The summed E-state index contributed by atoms with van der Waals surface area (Å²) in [6.07, 6.45) is 1.38. The number of thioether (sulfide) groups is 2. The molecule has 3 rings (SSSR count). The third-order valence-corrected chi connectivity index (χ3v) is 6.26. The molecule has 12 nitrogen and oxygen atoms in total. The molecule has 14 heteroatoms. The molecule has 1 fully saturated rings. The molecule has 0 bridgehead atoms. The first-order valence-electron chi connectivity index (χ1n) is 8.39. The average molecular weight is 455 g/mol. The fourth-order valence-electron chi connectivity index (χ4n) is 2.86. The summed E-state index contributed by atoms with van der Waals surface area (Å²) in [5.41, 5.74) is 5.34. The highest BCUT2D eigenvalue weighted by molar-refractivity contribution is 8.02. The van der Waals surface area contributed by atoms with Gasteiger partial charge in [0.2, 0.25) is 6.61 Å². The Hall–Kier alpha value is -2.97. The van der Waals surface area contributed by atoms with Crippen molar-refractivity contribution in [3.8, 4) is 0 Å². The van der Waals surface area contributed by atoms with E-state index in [1.54, 1.807) is 0 Å². The number of hydrogen-bond donors (Lipinski definition) is 5. The van der Waals surface area contributed by atoms with Crippen molar-refractivity contribution in [2.45, 2.75) is 16.9 Å². The lowest BCUT2D eigenvalue weighted by molar-refractivity contribution is -0.150. The topological polar surface area (TPSA) is 184 Å². The van der Waals surface area contributed by atoms with Gasteiger partial charge in [0.25, 0.3) is 11.8 Å². The minimum atomic E-state index is -1.28. The fourth-order valence-corrected chi connectivity index (χ4v) is 4.86. The Morgan fingerprint density at radius 3 is 2.77 bits per heavy atom. The number of carbonyl (C=O) groups excluding carboxylic acids is 2. The van der Waals surface area contributed by atoms with Gasteiger partial charge in [-0.25, -0.2) is 9.59 Å². The molecule has 3 atom stereocenters. The molecule has 3 aliphatic rings. The van der Waals surface area contributed by atoms with E-state index < -0.39 is 47.3 Å². The highest BCUT2D eigenvalue weighted by Gasteiger charge is 2.54. The molecule has 0 spiro atoms. The second-order valence-corrected chi connectivity index (χ2v) is 8.20. The van der Waals surface area contributed by atoms with Crippen molar-refractivity contribution >= 4 is 53.0 Å². The van der Waals surface area contributed by atoms with Gasteiger partial charge >= 0.3 is 11.9 Å². The Balaban J connectivity index is 1.76. The first-order chi connectivity index (χ1) is 14.2. The highest BCUT2D eigenvalue weighted by Crippen LogP contribution is 2.40. The van der Waals surface area contributed by atoms with E-state index in [2.05, 4.69) is 27.2 Å². The van der Waals surface area contributed by atoms with Gasteiger partial charge in [0.1, 0.15) is 22.6 Å². The minimum Gasteiger partial charge on any atom is -0.479 e. The number of rotatable bonds is 8. The van der Waals surface area contributed by atoms with Crippen LogP contribution in [0.4, 0.5) is 0 Å². The van der Waals surface area contributed by atoms with Gasteiger partial charge in [0.15, 0.2) is 5.71 Å². The third-order valence-electron chi connectivity index (χ3n) is 4.18. The van der Waals surface area contributed by atoms with Crippen molar-refractivity contribution in [2.75, 3.05) is 12.4 Å². The lowest BCUT2D eigenvalue weighted by Crippen LogP contribution is -2.71. The molecule has 0 aromatic rings. The van der Waals surface area contributed by atoms with Gasteiger partial charge in [-0.3, -0.25) is 14.5 Å². The molecule has 1 unspecified atom stereocenters. The Labute approximate surface area is 178 Å². The molecule has 160 valence electrons. The molecule has 30 heavy (non-hydrogen) atoms. The Kier molecular flexibility index (Phi) is 6.38. The summed E-state index contributed by atoms with van der Waals surface area (Å²) in [6.45, 7) is 2.80. The van der Waals surface area contributed by atoms with E-state index in [0.717, 1.165) is 4.90 Å². The number of aliphatic carboxylic acids is 2. The molecule has 0 aromatic heterocycles. The van der Waals surface area contributed by atoms with Crippen LogP contribution in [0.5, 0.6) is 0 Å². The predicted molar refractivity (Wildman–Crippen MR) is 108 cm³/mol. The lowest BCUT2D eigenvalue weighted by Gasteiger charge is -2.49. The second kappa shape index (κ2) is 8.81. The van der Waals surface area contributed by atoms with Crippen LogP contribution in [0.3, 0.4) is 0 Å². The number of β-lactam (4-membered cyclic amide) rings is 1. The number of oxime groups is 1. The van der Waals surface area contributed by atoms with Gasteiger partial charge in [0.05, 0.1) is 5.70 Å². The fraction of sp³-hybridized carbons (Fsp3) is 0.312. The maximum absolute atomic E-state index is 12.7. The van der Waals surface area contributed by atoms with Crippen LogP contribution in [0.25, 0.3) is 0 Å². The van der Waals surface area contributed by atoms with Crippen molar-refractivity contribution in [3.63, 3.8) is 0 Å². The molecular weight excluding hydrogens is 438 g/mol. The van der Waals surface area contributed by atoms with Crippen molar-refractivity contribution in [1.29, 1.82) is 0 Å². The summed E-state index contributed by atoms with van der Waals surface area (Å²) in [7, 11) is 0. The second-order valence-electron chi connectivity index (χ2n) is 6.08. The highest BCUT2D eigenvalue weighted by atomic mass is 32.2. The van der Waals surface area contributed by atoms with Crippen LogP contribution in [-0.2, 0) is 24.0 Å². The summed E-state index contributed by atoms with van der Waals surface area (Å²) < 4.78 is 0. The number of hydrogen-bond acceptors (Lipinski definition) is 10. The summed E-state index contributed by atoms with van der Waals surface area (Å²) in [4.78, 5) is 53.3. The molecule has 2 amide bonds. The predicted octanol–water partition coefficient (Wildman–Crippen LogP) is -1.21. The number of carboxylic acids is 2. The van der Waals surface area contributed by atoms with E-state index >= 15 is 0 Å². The number of nitrogens with two attached hydrogens (primary N) is 1. The molecule has 0 radical (unpaired) electrons. The standard InChI is InChI=1S/C16H17N5O7S2/c1-2-6-4-29-14-10(13(25)21(14)11(6)15(26)27)19-12(24)9(20-28-3-8(22)23)7-5-30-16(17)18-7/h2,5,10,14,16,18H,1,3-4,17H2,(H,19,24)(H,22,23)(H,26,27)/b20-9-/t10-,14-,16?/m1/s1. The zero-order chi connectivity index (χ0) is 22.0. The summed E-state index contributed by atoms with van der Waals surface area (Å²) >= 11 is 2.45.